The van der Waals surface area contributed by atoms with E-state index in [2.05, 4.69) is 16.5 Å². The second-order valence-corrected chi connectivity index (χ2v) is 9.50. The van der Waals surface area contributed by atoms with E-state index in [9.17, 15) is 9.59 Å². The topological polar surface area (TPSA) is 73.7 Å². The number of unbranched alkanes of at least 4 members (excludes halogenated alkanes) is 1. The Bertz CT molecular complexity index is 755. The Morgan fingerprint density at radius 2 is 1.94 bits per heavy atom. The van der Waals surface area contributed by atoms with E-state index >= 15 is 0 Å². The van der Waals surface area contributed by atoms with Crippen molar-refractivity contribution in [3.8, 4) is 0 Å². The third-order valence-electron chi connectivity index (χ3n) is 5.53. The van der Waals surface area contributed by atoms with Crippen LogP contribution < -0.4 is 0 Å². The maximum absolute atomic E-state index is 12.5. The average molecular weight is 434 g/mol. The second kappa shape index (κ2) is 11.3. The summed E-state index contributed by atoms with van der Waals surface area (Å²) >= 11 is 0. The monoisotopic (exact) mass is 433 g/mol. The maximum Gasteiger partial charge on any atom is 0.410 e. The maximum atomic E-state index is 12.5. The molecule has 1 aromatic rings. The Morgan fingerprint density at radius 1 is 1.26 bits per heavy atom. The van der Waals surface area contributed by atoms with Gasteiger partial charge in [-0.05, 0) is 72.1 Å². The van der Waals surface area contributed by atoms with Crippen molar-refractivity contribution < 1.29 is 19.1 Å². The molecule has 0 aromatic carbocycles. The van der Waals surface area contributed by atoms with E-state index in [-0.39, 0.29) is 12.1 Å². The van der Waals surface area contributed by atoms with E-state index in [1.165, 1.54) is 12.8 Å². The van der Waals surface area contributed by atoms with Gasteiger partial charge in [-0.2, -0.15) is 0 Å². The minimum atomic E-state index is -0.516. The highest BCUT2D eigenvalue weighted by atomic mass is 16.6. The predicted octanol–water partition coefficient (Wildman–Crippen LogP) is 5.23. The van der Waals surface area contributed by atoms with Gasteiger partial charge in [-0.1, -0.05) is 13.0 Å². The first-order valence-electron chi connectivity index (χ1n) is 11.5. The van der Waals surface area contributed by atoms with Gasteiger partial charge in [-0.15, -0.1) is 0 Å². The van der Waals surface area contributed by atoms with Crippen molar-refractivity contribution in [1.82, 2.24) is 14.5 Å². The van der Waals surface area contributed by atoms with Crippen molar-refractivity contribution in [3.05, 3.63) is 24.3 Å². The number of hydrogen-bond donors (Lipinski definition) is 0. The molecule has 0 radical (unpaired) electrons. The number of hydrogen-bond acceptors (Lipinski definition) is 5. The quantitative estimate of drug-likeness (QED) is 0.319. The molecule has 1 amide bonds. The Balaban J connectivity index is 2.00. The first-order chi connectivity index (χ1) is 14.6. The number of allylic oxidation sites excluding steroid dienone is 1. The lowest BCUT2D eigenvalue weighted by Gasteiger charge is -2.26. The summed E-state index contributed by atoms with van der Waals surface area (Å²) in [5.74, 6) is 0.429. The van der Waals surface area contributed by atoms with Crippen molar-refractivity contribution >= 4 is 17.6 Å². The van der Waals surface area contributed by atoms with E-state index < -0.39 is 5.60 Å². The van der Waals surface area contributed by atoms with Gasteiger partial charge in [0.1, 0.15) is 5.60 Å². The van der Waals surface area contributed by atoms with Gasteiger partial charge >= 0.3 is 12.1 Å². The lowest BCUT2D eigenvalue weighted by Crippen LogP contribution is -2.34. The van der Waals surface area contributed by atoms with Gasteiger partial charge in [0.25, 0.3) is 0 Å². The SMILES string of the molecule is CCOC(=O)/C(=C\CCCN(C)C(=O)OC(C)(C)C)c1cn(C2CCC(C)CC2)cn1. The Hall–Kier alpha value is -2.31. The van der Waals surface area contributed by atoms with E-state index in [0.717, 1.165) is 18.8 Å². The standard InChI is InChI=1S/C24H39N3O4/c1-7-30-22(28)20(10-8-9-15-26(6)23(29)31-24(3,4)5)21-16-27(17-25-21)19-13-11-18(2)12-14-19/h10,16-19H,7-9,11-15H2,1-6H3/b20-10-. The molecule has 1 saturated carbocycles. The molecule has 0 saturated heterocycles. The van der Waals surface area contributed by atoms with Gasteiger partial charge in [0.15, 0.2) is 0 Å². The number of esters is 1. The lowest BCUT2D eigenvalue weighted by molar-refractivity contribution is -0.136. The Kier molecular flexibility index (Phi) is 9.14. The molecule has 0 spiro atoms. The van der Waals surface area contributed by atoms with Gasteiger partial charge < -0.3 is 18.9 Å². The lowest BCUT2D eigenvalue weighted by atomic mass is 9.87. The molecule has 0 N–H and O–H groups in total. The fraction of sp³-hybridized carbons (Fsp3) is 0.708. The number of carbonyl (C=O) groups is 2. The van der Waals surface area contributed by atoms with Crippen molar-refractivity contribution in [2.45, 2.75) is 84.8 Å². The van der Waals surface area contributed by atoms with Gasteiger partial charge in [-0.3, -0.25) is 0 Å². The zero-order valence-electron chi connectivity index (χ0n) is 20.0. The molecule has 1 aliphatic carbocycles. The molecule has 1 aromatic heterocycles. The summed E-state index contributed by atoms with van der Waals surface area (Å²) in [4.78, 5) is 30.7. The predicted molar refractivity (Wildman–Crippen MR) is 122 cm³/mol. The molecular weight excluding hydrogens is 394 g/mol. The van der Waals surface area contributed by atoms with Crippen LogP contribution in [0.1, 0.15) is 84.9 Å². The Morgan fingerprint density at radius 3 is 2.55 bits per heavy atom. The molecule has 0 bridgehead atoms. The van der Waals surface area contributed by atoms with Crippen LogP contribution in [0.3, 0.4) is 0 Å². The number of imidazole rings is 1. The van der Waals surface area contributed by atoms with E-state index in [4.69, 9.17) is 9.47 Å². The van der Waals surface area contributed by atoms with Crippen LogP contribution in [0.2, 0.25) is 0 Å². The third-order valence-corrected chi connectivity index (χ3v) is 5.53. The normalized spacial score (nSPS) is 19.7. The molecule has 174 valence electrons. The van der Waals surface area contributed by atoms with Crippen LogP contribution in [-0.4, -0.2) is 52.3 Å². The van der Waals surface area contributed by atoms with Crippen LogP contribution in [0.15, 0.2) is 18.6 Å². The summed E-state index contributed by atoms with van der Waals surface area (Å²) in [6.07, 6.45) is 11.4. The highest BCUT2D eigenvalue weighted by Gasteiger charge is 2.22. The number of rotatable bonds is 8. The highest BCUT2D eigenvalue weighted by Crippen LogP contribution is 2.32. The highest BCUT2D eigenvalue weighted by molar-refractivity contribution is 6.15. The smallest absolute Gasteiger partial charge is 0.410 e. The zero-order valence-corrected chi connectivity index (χ0v) is 20.0. The molecule has 31 heavy (non-hydrogen) atoms. The van der Waals surface area contributed by atoms with Gasteiger partial charge in [0.05, 0.1) is 24.2 Å². The largest absolute Gasteiger partial charge is 0.462 e. The van der Waals surface area contributed by atoms with E-state index in [1.807, 2.05) is 39.4 Å². The first-order valence-corrected chi connectivity index (χ1v) is 11.5. The van der Waals surface area contributed by atoms with Crippen LogP contribution in [0.25, 0.3) is 5.57 Å². The molecule has 7 heteroatoms. The summed E-state index contributed by atoms with van der Waals surface area (Å²) in [6.45, 7) is 10.5. The van der Waals surface area contributed by atoms with Crippen LogP contribution in [0, 0.1) is 5.92 Å². The molecule has 7 nitrogen and oxygen atoms in total. The molecule has 0 unspecified atom stereocenters. The molecule has 2 rings (SSSR count). The number of aromatic nitrogens is 2. The van der Waals surface area contributed by atoms with Crippen LogP contribution in [0.4, 0.5) is 4.79 Å². The van der Waals surface area contributed by atoms with Gasteiger partial charge in [0.2, 0.25) is 0 Å². The van der Waals surface area contributed by atoms with Crippen molar-refractivity contribution in [2.75, 3.05) is 20.2 Å². The first kappa shape index (κ1) is 25.0. The minimum Gasteiger partial charge on any atom is -0.462 e. The molecule has 0 aliphatic heterocycles. The summed E-state index contributed by atoms with van der Waals surface area (Å²) in [6, 6.07) is 0.448. The third kappa shape index (κ3) is 8.04. The van der Waals surface area contributed by atoms with Crippen molar-refractivity contribution in [2.24, 2.45) is 5.92 Å². The van der Waals surface area contributed by atoms with E-state index in [1.54, 1.807) is 18.9 Å². The van der Waals surface area contributed by atoms with Gasteiger partial charge in [-0.25, -0.2) is 14.6 Å². The molecular formula is C24H39N3O4. The fourth-order valence-electron chi connectivity index (χ4n) is 3.72. The van der Waals surface area contributed by atoms with E-state index in [0.29, 0.717) is 43.3 Å². The fourth-order valence-corrected chi connectivity index (χ4v) is 3.72. The average Bonchev–Trinajstić information content (AvgIpc) is 3.16. The number of carbonyl (C=O) groups excluding carboxylic acids is 2. The minimum absolute atomic E-state index is 0.318. The van der Waals surface area contributed by atoms with Gasteiger partial charge in [0, 0.05) is 25.8 Å². The second-order valence-electron chi connectivity index (χ2n) is 9.50. The van der Waals surface area contributed by atoms with Crippen LogP contribution in [-0.2, 0) is 14.3 Å². The molecule has 1 heterocycles. The summed E-state index contributed by atoms with van der Waals surface area (Å²) in [5, 5.41) is 0. The van der Waals surface area contributed by atoms with Crippen LogP contribution >= 0.6 is 0 Å². The molecule has 0 atom stereocenters. The zero-order chi connectivity index (χ0) is 23.0. The summed E-state index contributed by atoms with van der Waals surface area (Å²) in [5.41, 5.74) is 0.625. The number of nitrogens with zero attached hydrogens (tertiary/aromatic N) is 3. The van der Waals surface area contributed by atoms with Crippen molar-refractivity contribution in [3.63, 3.8) is 0 Å². The Labute approximate surface area is 186 Å². The molecule has 1 aliphatic rings. The summed E-state index contributed by atoms with van der Waals surface area (Å²) in [7, 11) is 1.72. The van der Waals surface area contributed by atoms with Crippen molar-refractivity contribution in [1.29, 1.82) is 0 Å². The number of amides is 1. The number of ether oxygens (including phenoxy) is 2. The summed E-state index contributed by atoms with van der Waals surface area (Å²) < 4.78 is 12.8. The molecule has 1 fully saturated rings. The van der Waals surface area contributed by atoms with Crippen LogP contribution in [0.5, 0.6) is 0 Å².